The van der Waals surface area contributed by atoms with Crippen LogP contribution in [-0.2, 0) is 19.1 Å². The average Bonchev–Trinajstić information content (AvgIpc) is 3.30. The molecule has 2 bridgehead atoms. The van der Waals surface area contributed by atoms with Gasteiger partial charge in [-0.25, -0.2) is 0 Å². The molecule has 7 atom stereocenters. The van der Waals surface area contributed by atoms with Crippen molar-refractivity contribution in [1.29, 1.82) is 0 Å². The first-order chi connectivity index (χ1) is 16.1. The number of aliphatic hydroxyl groups excluding tert-OH is 1. The highest BCUT2D eigenvalue weighted by Crippen LogP contribution is 2.65. The fraction of sp³-hybridized carbons (Fsp3) is 0.654. The van der Waals surface area contributed by atoms with Gasteiger partial charge in [0.15, 0.2) is 0 Å². The number of benzene rings is 1. The van der Waals surface area contributed by atoms with E-state index in [9.17, 15) is 19.5 Å². The fourth-order valence-corrected chi connectivity index (χ4v) is 6.46. The summed E-state index contributed by atoms with van der Waals surface area (Å²) < 4.78 is 6.68. The van der Waals surface area contributed by atoms with Gasteiger partial charge in [0.1, 0.15) is 11.6 Å². The quantitative estimate of drug-likeness (QED) is 0.536. The van der Waals surface area contributed by atoms with Gasteiger partial charge in [0, 0.05) is 12.6 Å². The maximum atomic E-state index is 14.2. The van der Waals surface area contributed by atoms with Gasteiger partial charge in [0.25, 0.3) is 0 Å². The fourth-order valence-electron chi connectivity index (χ4n) is 6.46. The molecule has 186 valence electrons. The van der Waals surface area contributed by atoms with Gasteiger partial charge >= 0.3 is 0 Å². The summed E-state index contributed by atoms with van der Waals surface area (Å²) in [4.78, 5) is 42.7. The van der Waals surface area contributed by atoms with Crippen molar-refractivity contribution < 1.29 is 24.2 Å². The minimum Gasteiger partial charge on any atom is -0.394 e. The lowest BCUT2D eigenvalue weighted by Crippen LogP contribution is -2.57. The lowest BCUT2D eigenvalue weighted by molar-refractivity contribution is -0.151. The molecule has 0 aromatic heterocycles. The maximum Gasteiger partial charge on any atom is 0.246 e. The number of fused-ring (bicyclic) bond motifs is 1. The predicted octanol–water partition coefficient (Wildman–Crippen LogP) is 1.78. The molecule has 3 aliphatic heterocycles. The molecule has 8 nitrogen and oxygen atoms in total. The summed E-state index contributed by atoms with van der Waals surface area (Å²) in [5, 5.41) is 16.3. The highest BCUT2D eigenvalue weighted by atomic mass is 16.5. The molecule has 1 aromatic carbocycles. The molecule has 4 rings (SSSR count). The summed E-state index contributed by atoms with van der Waals surface area (Å²) in [5.74, 6) is -2.34. The summed E-state index contributed by atoms with van der Waals surface area (Å²) in [6.45, 7) is 9.80. The Bertz CT molecular complexity index is 953. The average molecular weight is 472 g/mol. The number of amides is 3. The Morgan fingerprint density at radius 3 is 2.50 bits per heavy atom. The van der Waals surface area contributed by atoms with E-state index in [2.05, 4.69) is 10.6 Å². The van der Waals surface area contributed by atoms with Crippen LogP contribution >= 0.6 is 0 Å². The second-order valence-electron chi connectivity index (χ2n) is 10.5. The molecule has 3 saturated heterocycles. The topological polar surface area (TPSA) is 108 Å². The van der Waals surface area contributed by atoms with Gasteiger partial charge in [-0.05, 0) is 45.1 Å². The summed E-state index contributed by atoms with van der Waals surface area (Å²) in [6, 6.07) is 7.41. The van der Waals surface area contributed by atoms with Gasteiger partial charge in [0.2, 0.25) is 17.7 Å². The molecule has 3 aliphatic rings. The third-order valence-corrected chi connectivity index (χ3v) is 7.96. The van der Waals surface area contributed by atoms with E-state index in [4.69, 9.17) is 4.74 Å². The molecule has 0 radical (unpaired) electrons. The van der Waals surface area contributed by atoms with E-state index >= 15 is 0 Å². The van der Waals surface area contributed by atoms with Crippen LogP contribution < -0.4 is 10.6 Å². The highest BCUT2D eigenvalue weighted by Gasteiger charge is 2.80. The zero-order chi connectivity index (χ0) is 24.8. The molecule has 3 N–H and O–H groups in total. The van der Waals surface area contributed by atoms with Crippen LogP contribution in [0.1, 0.15) is 59.1 Å². The number of nitrogens with one attached hydrogen (secondary N) is 2. The van der Waals surface area contributed by atoms with Gasteiger partial charge in [0.05, 0.1) is 30.1 Å². The minimum atomic E-state index is -1.12. The summed E-state index contributed by atoms with van der Waals surface area (Å²) in [5.41, 5.74) is -1.24. The van der Waals surface area contributed by atoms with Gasteiger partial charge in [-0.2, -0.15) is 0 Å². The molecule has 3 unspecified atom stereocenters. The summed E-state index contributed by atoms with van der Waals surface area (Å²) in [7, 11) is 0. The Balaban J connectivity index is 1.84. The lowest BCUT2D eigenvalue weighted by atomic mass is 9.62. The second-order valence-corrected chi connectivity index (χ2v) is 10.5. The van der Waals surface area contributed by atoms with Crippen molar-refractivity contribution in [3.63, 3.8) is 0 Å². The molecule has 1 aromatic rings. The Labute approximate surface area is 201 Å². The van der Waals surface area contributed by atoms with Crippen molar-refractivity contribution in [1.82, 2.24) is 15.5 Å². The molecule has 1 spiro atoms. The minimum absolute atomic E-state index is 0.0208. The molecule has 8 heteroatoms. The first-order valence-corrected chi connectivity index (χ1v) is 12.4. The number of rotatable bonds is 8. The Morgan fingerprint density at radius 2 is 1.91 bits per heavy atom. The van der Waals surface area contributed by atoms with Crippen LogP contribution in [0.2, 0.25) is 0 Å². The molecule has 0 aliphatic carbocycles. The first-order valence-electron chi connectivity index (χ1n) is 12.4. The van der Waals surface area contributed by atoms with E-state index in [1.54, 1.807) is 0 Å². The standard InChI is InChI=1S/C26H37N3O5/c1-6-12-27-22(31)19-20-24(33)29(18(14-30)17-10-8-7-9-11-17)21(23(32)28-15(2)3)26(20)13-16(4)25(19,5)34-26/h7-11,15-16,18-21,30H,6,12-14H2,1-5H3,(H,27,31)(H,28,32)/t16?,18-,19+,20+,21?,25-,26?/m1/s1. The van der Waals surface area contributed by atoms with Crippen LogP contribution in [0.4, 0.5) is 0 Å². The summed E-state index contributed by atoms with van der Waals surface area (Å²) in [6.07, 6.45) is 1.28. The number of hydrogen-bond donors (Lipinski definition) is 3. The van der Waals surface area contributed by atoms with Crippen molar-refractivity contribution >= 4 is 17.7 Å². The maximum absolute atomic E-state index is 14.2. The summed E-state index contributed by atoms with van der Waals surface area (Å²) >= 11 is 0. The first kappa shape index (κ1) is 24.7. The number of carbonyl (C=O) groups is 3. The van der Waals surface area contributed by atoms with Gasteiger partial charge < -0.3 is 25.4 Å². The van der Waals surface area contributed by atoms with Crippen LogP contribution in [-0.4, -0.2) is 64.2 Å². The normalized spacial score (nSPS) is 34.9. The number of likely N-dealkylation sites (tertiary alicyclic amines) is 1. The molecule has 3 amide bonds. The molecular weight excluding hydrogens is 434 g/mol. The number of hydrogen-bond acceptors (Lipinski definition) is 5. The van der Waals surface area contributed by atoms with E-state index in [1.165, 1.54) is 4.90 Å². The van der Waals surface area contributed by atoms with E-state index in [0.717, 1.165) is 12.0 Å². The van der Waals surface area contributed by atoms with E-state index in [0.29, 0.717) is 13.0 Å². The van der Waals surface area contributed by atoms with Crippen molar-refractivity contribution in [2.75, 3.05) is 13.2 Å². The van der Waals surface area contributed by atoms with Crippen LogP contribution in [0.15, 0.2) is 30.3 Å². The largest absolute Gasteiger partial charge is 0.394 e. The molecule has 34 heavy (non-hydrogen) atoms. The van der Waals surface area contributed by atoms with E-state index < -0.39 is 35.1 Å². The molecule has 3 fully saturated rings. The zero-order valence-corrected chi connectivity index (χ0v) is 20.7. The van der Waals surface area contributed by atoms with Gasteiger partial charge in [-0.1, -0.05) is 44.2 Å². The van der Waals surface area contributed by atoms with Crippen LogP contribution in [0.25, 0.3) is 0 Å². The van der Waals surface area contributed by atoms with Crippen molar-refractivity contribution in [2.45, 2.75) is 76.8 Å². The van der Waals surface area contributed by atoms with Crippen LogP contribution in [0.3, 0.4) is 0 Å². The highest BCUT2D eigenvalue weighted by molar-refractivity contribution is 5.99. The number of carbonyl (C=O) groups excluding carboxylic acids is 3. The molecular formula is C26H37N3O5. The van der Waals surface area contributed by atoms with E-state index in [-0.39, 0.29) is 36.3 Å². The second kappa shape index (κ2) is 8.96. The smallest absolute Gasteiger partial charge is 0.246 e. The number of ether oxygens (including phenoxy) is 1. The third kappa shape index (κ3) is 3.53. The van der Waals surface area contributed by atoms with Gasteiger partial charge in [-0.3, -0.25) is 14.4 Å². The van der Waals surface area contributed by atoms with Crippen LogP contribution in [0, 0.1) is 17.8 Å². The predicted molar refractivity (Wildman–Crippen MR) is 126 cm³/mol. The van der Waals surface area contributed by atoms with Crippen LogP contribution in [0.5, 0.6) is 0 Å². The monoisotopic (exact) mass is 471 g/mol. The van der Waals surface area contributed by atoms with Crippen molar-refractivity contribution in [3.05, 3.63) is 35.9 Å². The molecule has 0 saturated carbocycles. The Hall–Kier alpha value is -2.45. The zero-order valence-electron chi connectivity index (χ0n) is 20.7. The van der Waals surface area contributed by atoms with Crippen molar-refractivity contribution in [3.8, 4) is 0 Å². The lowest BCUT2D eigenvalue weighted by Gasteiger charge is -2.37. The SMILES string of the molecule is CCCNC(=O)[C@@H]1[C@H]2C(=O)N([C@H](CO)c3ccccc3)C(C(=O)NC(C)C)C23CC(C)[C@@]1(C)O3. The van der Waals surface area contributed by atoms with Gasteiger partial charge in [-0.15, -0.1) is 0 Å². The molecule has 3 heterocycles. The Kier molecular flexibility index (Phi) is 6.50. The number of aliphatic hydroxyl groups is 1. The van der Waals surface area contributed by atoms with Crippen molar-refractivity contribution in [2.24, 2.45) is 17.8 Å². The van der Waals surface area contributed by atoms with E-state index in [1.807, 2.05) is 65.0 Å². The third-order valence-electron chi connectivity index (χ3n) is 7.96. The number of nitrogens with zero attached hydrogens (tertiary/aromatic N) is 1. The Morgan fingerprint density at radius 1 is 1.24 bits per heavy atom.